The van der Waals surface area contributed by atoms with Crippen LogP contribution in [0, 0.1) is 39.5 Å². The van der Waals surface area contributed by atoms with E-state index in [2.05, 4.69) is 10.6 Å². The molecule has 0 fully saturated rings. The van der Waals surface area contributed by atoms with Crippen molar-refractivity contribution in [1.82, 2.24) is 20.4 Å². The number of hydrogen-bond donors (Lipinski definition) is 6. The Morgan fingerprint density at radius 1 is 0.515 bits per heavy atom. The standard InChI is InChI=1S/C52H66N4O10S2/c1-27(2)43-49(61)53-41(51(63)65-9)25-67-68-26-42(52(64)66-10)54-50(62)44(28(3)4)56-23-39-17-31(7)13-35(47(39)59)19-33-11-29(5)15-37(45(33)57)21-55(43)22-38-16-30(6)12-34(46(38)58)20-36-14-32(8)18-40(24-56)48(36)60/h11-18,27-28,41-44,57-60H,19-26H2,1-10H3,(H,53,61)(H,54,62)/t41-,42-,43-,44-/m1/s1. The van der Waals surface area contributed by atoms with Crippen molar-refractivity contribution in [2.24, 2.45) is 11.8 Å². The van der Waals surface area contributed by atoms with Gasteiger partial charge in [-0.2, -0.15) is 0 Å². The molecule has 14 nitrogen and oxygen atoms in total. The molecule has 3 heterocycles. The van der Waals surface area contributed by atoms with Crippen LogP contribution in [0.15, 0.2) is 48.5 Å². The van der Waals surface area contributed by atoms with Crippen LogP contribution in [0.3, 0.4) is 0 Å². The van der Waals surface area contributed by atoms with E-state index in [-0.39, 0.29) is 85.4 Å². The maximum Gasteiger partial charge on any atom is 0.329 e. The van der Waals surface area contributed by atoms with E-state index in [1.807, 2.05) is 114 Å². The normalized spacial score (nSPS) is 22.0. The number of aromatic hydroxyl groups is 4. The minimum atomic E-state index is -1.11. The molecule has 68 heavy (non-hydrogen) atoms. The number of nitrogens with one attached hydrogen (secondary N) is 2. The van der Waals surface area contributed by atoms with Crippen molar-refractivity contribution in [3.05, 3.63) is 115 Å². The van der Waals surface area contributed by atoms with Gasteiger partial charge in [0, 0.05) is 72.8 Å². The summed E-state index contributed by atoms with van der Waals surface area (Å²) in [6.45, 7) is 15.4. The Morgan fingerprint density at radius 2 is 0.765 bits per heavy atom. The van der Waals surface area contributed by atoms with Crippen LogP contribution in [0.2, 0.25) is 0 Å². The van der Waals surface area contributed by atoms with E-state index in [0.29, 0.717) is 44.5 Å². The molecule has 4 aromatic rings. The summed E-state index contributed by atoms with van der Waals surface area (Å²) in [5.41, 5.74) is 7.51. The van der Waals surface area contributed by atoms with Gasteiger partial charge in [0.25, 0.3) is 0 Å². The van der Waals surface area contributed by atoms with E-state index in [1.54, 1.807) is 0 Å². The summed E-state index contributed by atoms with van der Waals surface area (Å²) in [4.78, 5) is 60.1. The number of nitrogens with zero attached hydrogens (tertiary/aromatic N) is 2. The number of amides is 2. The van der Waals surface area contributed by atoms with E-state index in [0.717, 1.165) is 22.3 Å². The lowest BCUT2D eigenvalue weighted by Crippen LogP contribution is -2.54. The molecule has 3 aliphatic heterocycles. The molecule has 10 bridgehead atoms. The van der Waals surface area contributed by atoms with E-state index in [4.69, 9.17) is 9.47 Å². The fourth-order valence-electron chi connectivity index (χ4n) is 9.70. The summed E-state index contributed by atoms with van der Waals surface area (Å²) in [5.74, 6) is -3.04. The summed E-state index contributed by atoms with van der Waals surface area (Å²) in [5, 5.41) is 54.8. The van der Waals surface area contributed by atoms with Crippen LogP contribution in [0.4, 0.5) is 0 Å². The van der Waals surface area contributed by atoms with Gasteiger partial charge in [0.1, 0.15) is 35.1 Å². The molecule has 6 N–H and O–H groups in total. The first-order valence-electron chi connectivity index (χ1n) is 22.9. The summed E-state index contributed by atoms with van der Waals surface area (Å²) >= 11 is 0. The predicted octanol–water partition coefficient (Wildman–Crippen LogP) is 7.00. The molecule has 4 aromatic carbocycles. The number of phenols is 4. The van der Waals surface area contributed by atoms with Crippen LogP contribution in [-0.2, 0) is 67.7 Å². The highest BCUT2D eigenvalue weighted by Crippen LogP contribution is 2.38. The second-order valence-corrected chi connectivity index (χ2v) is 21.6. The molecule has 2 amide bonds. The topological polar surface area (TPSA) is 198 Å². The Kier molecular flexibility index (Phi) is 17.1. The molecular weight excluding hydrogens is 905 g/mol. The van der Waals surface area contributed by atoms with Gasteiger partial charge >= 0.3 is 11.9 Å². The second-order valence-electron chi connectivity index (χ2n) is 19.0. The smallest absolute Gasteiger partial charge is 0.329 e. The first kappa shape index (κ1) is 52.0. The minimum absolute atomic E-state index is 0.0172. The number of fused-ring (bicyclic) bond motifs is 11. The van der Waals surface area contributed by atoms with Crippen molar-refractivity contribution in [1.29, 1.82) is 0 Å². The SMILES string of the molecule is COC(=O)[C@H]1CSSC[C@H](C(=O)OC)NC(=O)[C@@H](C(C)C)N2Cc3cc(C)cc(c3O)Cc3cc(C)cc(c3O)CN(Cc3cc(C)cc(c3O)Cc3cc(C)cc(c3O)C2)[C@H](C(C)C)C(=O)N1. The van der Waals surface area contributed by atoms with E-state index in [1.165, 1.54) is 35.8 Å². The van der Waals surface area contributed by atoms with Gasteiger partial charge < -0.3 is 40.5 Å². The first-order valence-corrected chi connectivity index (χ1v) is 25.4. The highest BCUT2D eigenvalue weighted by molar-refractivity contribution is 8.76. The van der Waals surface area contributed by atoms with Crippen molar-refractivity contribution in [3.8, 4) is 23.0 Å². The second kappa shape index (κ2) is 22.3. The van der Waals surface area contributed by atoms with Crippen molar-refractivity contribution < 1.29 is 49.1 Å². The number of rotatable bonds is 4. The zero-order chi connectivity index (χ0) is 49.7. The average Bonchev–Trinajstić information content (AvgIpc) is 3.26. The molecule has 0 radical (unpaired) electrons. The third-order valence-electron chi connectivity index (χ3n) is 12.6. The minimum Gasteiger partial charge on any atom is -0.507 e. The number of methoxy groups -OCH3 is 2. The number of esters is 2. The average molecular weight is 971 g/mol. The van der Waals surface area contributed by atoms with Crippen molar-refractivity contribution in [2.75, 3.05) is 25.7 Å². The van der Waals surface area contributed by atoms with Gasteiger partial charge in [0.05, 0.1) is 26.3 Å². The monoisotopic (exact) mass is 970 g/mol. The molecule has 0 saturated carbocycles. The maximum absolute atomic E-state index is 14.8. The number of aryl methyl sites for hydroxylation is 4. The van der Waals surface area contributed by atoms with Gasteiger partial charge in [-0.3, -0.25) is 19.4 Å². The van der Waals surface area contributed by atoms with Crippen molar-refractivity contribution in [2.45, 2.75) is 119 Å². The molecule has 0 aromatic heterocycles. The molecule has 4 atom stereocenters. The van der Waals surface area contributed by atoms with Crippen molar-refractivity contribution >= 4 is 45.3 Å². The first-order chi connectivity index (χ1) is 32.2. The molecule has 0 unspecified atom stereocenters. The number of ether oxygens (including phenoxy) is 2. The molecular formula is C52H66N4O10S2. The Hall–Kier alpha value is -5.42. The van der Waals surface area contributed by atoms with Crippen molar-refractivity contribution in [3.63, 3.8) is 0 Å². The number of carbonyl (C=O) groups is 4. The Morgan fingerprint density at radius 3 is 1.00 bits per heavy atom. The lowest BCUT2D eigenvalue weighted by molar-refractivity contribution is -0.145. The number of phenolic OH excluding ortho intramolecular Hbond substituents is 4. The highest BCUT2D eigenvalue weighted by atomic mass is 33.1. The molecule has 0 saturated heterocycles. The van der Waals surface area contributed by atoms with Gasteiger partial charge in [0.2, 0.25) is 11.8 Å². The third kappa shape index (κ3) is 12.1. The van der Waals surface area contributed by atoms with Crippen LogP contribution < -0.4 is 10.6 Å². The third-order valence-corrected chi connectivity index (χ3v) is 15.1. The lowest BCUT2D eigenvalue weighted by atomic mass is 9.92. The Labute approximate surface area is 407 Å². The van der Waals surface area contributed by atoms with E-state index in [9.17, 15) is 39.6 Å². The van der Waals surface area contributed by atoms with Crippen LogP contribution in [-0.4, -0.2) is 104 Å². The van der Waals surface area contributed by atoms with Crippen LogP contribution in [0.1, 0.15) is 94.5 Å². The summed E-state index contributed by atoms with van der Waals surface area (Å²) in [6.07, 6.45) is 0.258. The fourth-order valence-corrected chi connectivity index (χ4v) is 12.0. The Bertz CT molecular complexity index is 2260. The number of carbonyl (C=O) groups excluding carboxylic acids is 4. The van der Waals surface area contributed by atoms with Gasteiger partial charge in [-0.1, -0.05) is 120 Å². The number of benzene rings is 4. The molecule has 16 heteroatoms. The maximum atomic E-state index is 14.8. The quantitative estimate of drug-likeness (QED) is 0.0903. The summed E-state index contributed by atoms with van der Waals surface area (Å²) in [6, 6.07) is 10.8. The van der Waals surface area contributed by atoms with Gasteiger partial charge in [-0.15, -0.1) is 0 Å². The summed E-state index contributed by atoms with van der Waals surface area (Å²) in [7, 11) is 4.90. The van der Waals surface area contributed by atoms with Crippen LogP contribution in [0.5, 0.6) is 23.0 Å². The molecule has 0 aliphatic carbocycles. The van der Waals surface area contributed by atoms with Gasteiger partial charge in [-0.25, -0.2) is 9.59 Å². The zero-order valence-corrected chi connectivity index (χ0v) is 42.3. The zero-order valence-electron chi connectivity index (χ0n) is 40.7. The Balaban J connectivity index is 1.67. The van der Waals surface area contributed by atoms with Gasteiger partial charge in [-0.05, 0) is 61.8 Å². The van der Waals surface area contributed by atoms with Crippen LogP contribution >= 0.6 is 21.6 Å². The predicted molar refractivity (Wildman–Crippen MR) is 266 cm³/mol. The highest BCUT2D eigenvalue weighted by Gasteiger charge is 2.37. The van der Waals surface area contributed by atoms with Crippen LogP contribution in [0.25, 0.3) is 0 Å². The molecule has 0 spiro atoms. The molecule has 7 rings (SSSR count). The van der Waals surface area contributed by atoms with Gasteiger partial charge in [0.15, 0.2) is 0 Å². The number of hydrogen-bond acceptors (Lipinski definition) is 14. The molecule has 3 aliphatic rings. The fraction of sp³-hybridized carbons (Fsp3) is 0.462. The lowest BCUT2D eigenvalue weighted by Gasteiger charge is -2.35. The van der Waals surface area contributed by atoms with E-state index < -0.39 is 47.9 Å². The largest absolute Gasteiger partial charge is 0.507 e. The molecule has 366 valence electrons. The summed E-state index contributed by atoms with van der Waals surface area (Å²) < 4.78 is 10.3. The van der Waals surface area contributed by atoms with E-state index >= 15 is 0 Å².